The molecular weight excluding hydrogens is 356 g/mol. The van der Waals surface area contributed by atoms with Crippen molar-refractivity contribution in [3.8, 4) is 11.3 Å². The molecule has 0 fully saturated rings. The van der Waals surface area contributed by atoms with Crippen LogP contribution in [0.2, 0.25) is 0 Å². The van der Waals surface area contributed by atoms with Crippen LogP contribution in [-0.2, 0) is 14.3 Å². The zero-order valence-corrected chi connectivity index (χ0v) is 15.9. The normalized spacial score (nSPS) is 10.6. The summed E-state index contributed by atoms with van der Waals surface area (Å²) >= 11 is 0. The highest BCUT2D eigenvalue weighted by atomic mass is 16.5. The zero-order valence-electron chi connectivity index (χ0n) is 15.9. The van der Waals surface area contributed by atoms with Crippen molar-refractivity contribution in [2.24, 2.45) is 0 Å². The molecule has 6 nitrogen and oxygen atoms in total. The number of ether oxygens (including phenoxy) is 2. The first-order valence-corrected chi connectivity index (χ1v) is 8.98. The highest BCUT2D eigenvalue weighted by Crippen LogP contribution is 2.25. The second kappa shape index (κ2) is 9.10. The Labute approximate surface area is 163 Å². The van der Waals surface area contributed by atoms with Crippen LogP contribution >= 0.6 is 0 Å². The molecule has 0 atom stereocenters. The van der Waals surface area contributed by atoms with Crippen molar-refractivity contribution in [1.29, 1.82) is 0 Å². The van der Waals surface area contributed by atoms with Gasteiger partial charge in [0.25, 0.3) is 5.91 Å². The van der Waals surface area contributed by atoms with E-state index in [1.165, 1.54) is 0 Å². The first kappa shape index (κ1) is 19.5. The van der Waals surface area contributed by atoms with Crippen molar-refractivity contribution >= 4 is 22.8 Å². The number of amides is 1. The summed E-state index contributed by atoms with van der Waals surface area (Å²) in [6.07, 6.45) is 0. The van der Waals surface area contributed by atoms with E-state index in [0.29, 0.717) is 35.3 Å². The van der Waals surface area contributed by atoms with E-state index in [9.17, 15) is 9.59 Å². The minimum Gasteiger partial charge on any atom is -0.452 e. The largest absolute Gasteiger partial charge is 0.452 e. The van der Waals surface area contributed by atoms with Crippen molar-refractivity contribution in [3.63, 3.8) is 0 Å². The van der Waals surface area contributed by atoms with Crippen molar-refractivity contribution < 1.29 is 19.1 Å². The molecule has 0 aliphatic heterocycles. The average Bonchev–Trinajstić information content (AvgIpc) is 2.72. The maximum absolute atomic E-state index is 12.7. The molecule has 3 aromatic rings. The van der Waals surface area contributed by atoms with Gasteiger partial charge in [-0.05, 0) is 19.1 Å². The number of esters is 1. The number of benzene rings is 2. The van der Waals surface area contributed by atoms with Gasteiger partial charge in [-0.15, -0.1) is 0 Å². The molecule has 0 saturated heterocycles. The predicted octanol–water partition coefficient (Wildman–Crippen LogP) is 3.13. The molecule has 3 rings (SSSR count). The second-order valence-electron chi connectivity index (χ2n) is 6.36. The topological polar surface area (TPSA) is 77.5 Å². The lowest BCUT2D eigenvalue weighted by molar-refractivity contribution is -0.124. The molecule has 28 heavy (non-hydrogen) atoms. The number of hydrogen-bond donors (Lipinski definition) is 1. The number of methoxy groups -OCH3 is 1. The smallest absolute Gasteiger partial charge is 0.339 e. The fourth-order valence-electron chi connectivity index (χ4n) is 2.77. The Hall–Kier alpha value is -3.25. The van der Waals surface area contributed by atoms with Crippen LogP contribution in [0.5, 0.6) is 0 Å². The van der Waals surface area contributed by atoms with Crippen molar-refractivity contribution in [3.05, 3.63) is 65.7 Å². The molecule has 1 heterocycles. The van der Waals surface area contributed by atoms with E-state index in [2.05, 4.69) is 10.3 Å². The van der Waals surface area contributed by atoms with Crippen LogP contribution in [0.3, 0.4) is 0 Å². The van der Waals surface area contributed by atoms with Crippen LogP contribution in [0.4, 0.5) is 0 Å². The van der Waals surface area contributed by atoms with Crippen molar-refractivity contribution in [2.75, 3.05) is 26.9 Å². The van der Waals surface area contributed by atoms with Gasteiger partial charge in [0.1, 0.15) is 0 Å². The van der Waals surface area contributed by atoms with E-state index < -0.39 is 5.97 Å². The van der Waals surface area contributed by atoms with Gasteiger partial charge in [-0.2, -0.15) is 0 Å². The molecular formula is C22H22N2O4. The van der Waals surface area contributed by atoms with E-state index in [4.69, 9.17) is 9.47 Å². The average molecular weight is 378 g/mol. The Morgan fingerprint density at radius 3 is 2.57 bits per heavy atom. The number of pyridine rings is 1. The van der Waals surface area contributed by atoms with Gasteiger partial charge in [0.15, 0.2) is 6.61 Å². The Morgan fingerprint density at radius 1 is 1.07 bits per heavy atom. The summed E-state index contributed by atoms with van der Waals surface area (Å²) in [5.41, 5.74) is 3.80. The third-order valence-corrected chi connectivity index (χ3v) is 4.25. The maximum atomic E-state index is 12.7. The van der Waals surface area contributed by atoms with Crippen molar-refractivity contribution in [2.45, 2.75) is 6.92 Å². The first-order chi connectivity index (χ1) is 13.6. The molecule has 0 spiro atoms. The number of nitrogens with zero attached hydrogens (tertiary/aromatic N) is 1. The highest BCUT2D eigenvalue weighted by molar-refractivity contribution is 6.05. The van der Waals surface area contributed by atoms with Crippen LogP contribution in [0.25, 0.3) is 22.2 Å². The van der Waals surface area contributed by atoms with Gasteiger partial charge in [0.2, 0.25) is 0 Å². The van der Waals surface area contributed by atoms with Crippen LogP contribution in [0.15, 0.2) is 54.6 Å². The van der Waals surface area contributed by atoms with Crippen LogP contribution in [0, 0.1) is 6.92 Å². The molecule has 0 radical (unpaired) electrons. The fraction of sp³-hybridized carbons (Fsp3) is 0.227. The molecule has 6 heteroatoms. The number of aromatic nitrogens is 1. The van der Waals surface area contributed by atoms with Crippen LogP contribution in [0.1, 0.15) is 15.9 Å². The van der Waals surface area contributed by atoms with Gasteiger partial charge >= 0.3 is 5.97 Å². The number of fused-ring (bicyclic) bond motifs is 1. The summed E-state index contributed by atoms with van der Waals surface area (Å²) in [5, 5.41) is 3.30. The summed E-state index contributed by atoms with van der Waals surface area (Å²) in [4.78, 5) is 29.1. The van der Waals surface area contributed by atoms with Gasteiger partial charge in [-0.1, -0.05) is 48.0 Å². The maximum Gasteiger partial charge on any atom is 0.339 e. The molecule has 1 amide bonds. The molecule has 2 aromatic carbocycles. The Morgan fingerprint density at radius 2 is 1.82 bits per heavy atom. The number of carbonyl (C=O) groups excluding carboxylic acids is 2. The summed E-state index contributed by atoms with van der Waals surface area (Å²) in [6.45, 7) is 2.42. The van der Waals surface area contributed by atoms with Gasteiger partial charge in [0, 0.05) is 24.6 Å². The molecule has 144 valence electrons. The molecule has 1 aromatic heterocycles. The number of rotatable bonds is 7. The lowest BCUT2D eigenvalue weighted by Crippen LogP contribution is -2.31. The Kier molecular flexibility index (Phi) is 6.34. The fourth-order valence-corrected chi connectivity index (χ4v) is 2.77. The standard InChI is InChI=1S/C22H22N2O4/c1-15-7-9-16(10-8-15)20-13-18(17-5-3-4-6-19(17)24-20)22(26)28-14-21(25)23-11-12-27-2/h3-10,13H,11-12,14H2,1-2H3,(H,23,25). The molecule has 0 bridgehead atoms. The van der Waals surface area contributed by atoms with Gasteiger partial charge in [-0.3, -0.25) is 4.79 Å². The minimum absolute atomic E-state index is 0.348. The van der Waals surface area contributed by atoms with Gasteiger partial charge < -0.3 is 14.8 Å². The minimum atomic E-state index is -0.561. The van der Waals surface area contributed by atoms with Gasteiger partial charge in [-0.25, -0.2) is 9.78 Å². The summed E-state index contributed by atoms with van der Waals surface area (Å²) in [5.74, 6) is -0.934. The molecule has 0 aliphatic rings. The molecule has 1 N–H and O–H groups in total. The number of para-hydroxylation sites is 1. The monoisotopic (exact) mass is 378 g/mol. The second-order valence-corrected chi connectivity index (χ2v) is 6.36. The summed E-state index contributed by atoms with van der Waals surface area (Å²) in [7, 11) is 1.55. The number of aryl methyl sites for hydroxylation is 1. The van der Waals surface area contributed by atoms with E-state index in [0.717, 1.165) is 11.1 Å². The number of nitrogens with one attached hydrogen (secondary N) is 1. The van der Waals surface area contributed by atoms with E-state index in [-0.39, 0.29) is 12.5 Å². The van der Waals surface area contributed by atoms with E-state index >= 15 is 0 Å². The lowest BCUT2D eigenvalue weighted by Gasteiger charge is -2.10. The predicted molar refractivity (Wildman–Crippen MR) is 107 cm³/mol. The van der Waals surface area contributed by atoms with Crippen LogP contribution in [-0.4, -0.2) is 43.7 Å². The number of hydrogen-bond acceptors (Lipinski definition) is 5. The van der Waals surface area contributed by atoms with E-state index in [1.54, 1.807) is 13.2 Å². The first-order valence-electron chi connectivity index (χ1n) is 8.98. The zero-order chi connectivity index (χ0) is 19.9. The molecule has 0 aliphatic carbocycles. The molecule has 0 saturated carbocycles. The quantitative estimate of drug-likeness (QED) is 0.505. The van der Waals surface area contributed by atoms with Crippen LogP contribution < -0.4 is 5.32 Å². The Balaban J connectivity index is 1.85. The summed E-state index contributed by atoms with van der Waals surface area (Å²) < 4.78 is 10.1. The highest BCUT2D eigenvalue weighted by Gasteiger charge is 2.16. The van der Waals surface area contributed by atoms with Crippen molar-refractivity contribution in [1.82, 2.24) is 10.3 Å². The molecule has 0 unspecified atom stereocenters. The van der Waals surface area contributed by atoms with E-state index in [1.807, 2.05) is 55.5 Å². The number of carbonyl (C=O) groups is 2. The lowest BCUT2D eigenvalue weighted by atomic mass is 10.0. The van der Waals surface area contributed by atoms with Gasteiger partial charge in [0.05, 0.1) is 23.4 Å². The Bertz CT molecular complexity index is 983. The third kappa shape index (κ3) is 4.72. The third-order valence-electron chi connectivity index (χ3n) is 4.25. The SMILES string of the molecule is COCCNC(=O)COC(=O)c1cc(-c2ccc(C)cc2)nc2ccccc12. The summed E-state index contributed by atoms with van der Waals surface area (Å²) in [6, 6.07) is 17.0.